The van der Waals surface area contributed by atoms with E-state index in [0.717, 1.165) is 16.7 Å². The molecule has 7 heteroatoms. The first-order chi connectivity index (χ1) is 18.8. The maximum atomic E-state index is 13.7. The molecule has 3 aromatic carbocycles. The molecule has 2 heterocycles. The largest absolute Gasteiger partial charge is 0.480 e. The summed E-state index contributed by atoms with van der Waals surface area (Å²) in [6.45, 7) is 4.80. The van der Waals surface area contributed by atoms with Crippen LogP contribution in [0.25, 0.3) is 0 Å². The highest BCUT2D eigenvalue weighted by Crippen LogP contribution is 2.48. The van der Waals surface area contributed by atoms with E-state index in [2.05, 4.69) is 41.3 Å². The summed E-state index contributed by atoms with van der Waals surface area (Å²) in [5, 5.41) is 9.58. The predicted octanol–water partition coefficient (Wildman–Crippen LogP) is 3.69. The zero-order valence-corrected chi connectivity index (χ0v) is 22.6. The van der Waals surface area contributed by atoms with Crippen molar-refractivity contribution in [2.45, 2.75) is 31.5 Å². The lowest BCUT2D eigenvalue weighted by molar-refractivity contribution is -0.157. The standard InChI is InChI=1S/C32H35N3O4/c1-22(2)28(31(38)39)33(3)29(36)23-19-34(20-23)30(37)27-21-35(27)32(24-13-7-4-8-14-24,25-15-9-5-10-16-25)26-17-11-6-12-18-26/h4-18,22-23,27-28H,19-21H2,1-3H3,(H,38,39). The summed E-state index contributed by atoms with van der Waals surface area (Å²) in [5.74, 6) is -1.82. The Morgan fingerprint density at radius 1 is 0.795 bits per heavy atom. The fraction of sp³-hybridized carbons (Fsp3) is 0.344. The van der Waals surface area contributed by atoms with Gasteiger partial charge in [-0.15, -0.1) is 0 Å². The van der Waals surface area contributed by atoms with Crippen molar-refractivity contribution in [3.8, 4) is 0 Å². The Morgan fingerprint density at radius 2 is 1.23 bits per heavy atom. The van der Waals surface area contributed by atoms with Gasteiger partial charge in [-0.05, 0) is 22.6 Å². The Morgan fingerprint density at radius 3 is 1.62 bits per heavy atom. The van der Waals surface area contributed by atoms with Crippen LogP contribution in [0.5, 0.6) is 0 Å². The van der Waals surface area contributed by atoms with Crippen LogP contribution in [0.4, 0.5) is 0 Å². The number of hydrogen-bond donors (Lipinski definition) is 1. The Bertz CT molecular complexity index is 1230. The molecule has 3 atom stereocenters. The minimum absolute atomic E-state index is 0.00696. The van der Waals surface area contributed by atoms with Crippen LogP contribution in [-0.2, 0) is 19.9 Å². The number of likely N-dealkylation sites (tertiary alicyclic amines) is 1. The van der Waals surface area contributed by atoms with Gasteiger partial charge in [0.15, 0.2) is 0 Å². The van der Waals surface area contributed by atoms with Crippen molar-refractivity contribution in [1.82, 2.24) is 14.7 Å². The molecule has 2 fully saturated rings. The summed E-state index contributed by atoms with van der Waals surface area (Å²) >= 11 is 0. The van der Waals surface area contributed by atoms with E-state index in [1.54, 1.807) is 25.8 Å². The molecule has 3 aromatic rings. The zero-order chi connectivity index (χ0) is 27.7. The lowest BCUT2D eigenvalue weighted by atomic mass is 9.76. The van der Waals surface area contributed by atoms with E-state index in [-0.39, 0.29) is 29.7 Å². The zero-order valence-electron chi connectivity index (χ0n) is 22.6. The van der Waals surface area contributed by atoms with Crippen LogP contribution in [0, 0.1) is 11.8 Å². The van der Waals surface area contributed by atoms with Crippen molar-refractivity contribution in [2.24, 2.45) is 11.8 Å². The Balaban J connectivity index is 1.39. The predicted molar refractivity (Wildman–Crippen MR) is 149 cm³/mol. The normalized spacial score (nSPS) is 19.7. The summed E-state index contributed by atoms with van der Waals surface area (Å²) < 4.78 is 0. The molecule has 0 aromatic heterocycles. The van der Waals surface area contributed by atoms with Crippen LogP contribution < -0.4 is 0 Å². The van der Waals surface area contributed by atoms with Crippen molar-refractivity contribution in [3.63, 3.8) is 0 Å². The van der Waals surface area contributed by atoms with Crippen molar-refractivity contribution in [3.05, 3.63) is 108 Å². The number of carboxylic acid groups (broad SMARTS) is 1. The molecular formula is C32H35N3O4. The van der Waals surface area contributed by atoms with Crippen LogP contribution in [0.2, 0.25) is 0 Å². The van der Waals surface area contributed by atoms with Crippen molar-refractivity contribution in [1.29, 1.82) is 0 Å². The first kappa shape index (κ1) is 26.6. The van der Waals surface area contributed by atoms with E-state index in [9.17, 15) is 19.5 Å². The molecule has 5 rings (SSSR count). The number of aliphatic carboxylic acids is 1. The molecule has 0 bridgehead atoms. The number of likely N-dealkylation sites (N-methyl/N-ethyl adjacent to an activating group) is 1. The molecule has 2 amide bonds. The molecule has 39 heavy (non-hydrogen) atoms. The van der Waals surface area contributed by atoms with Crippen LogP contribution >= 0.6 is 0 Å². The van der Waals surface area contributed by atoms with Crippen LogP contribution in [0.15, 0.2) is 91.0 Å². The molecule has 0 spiro atoms. The Labute approximate surface area is 229 Å². The molecule has 1 N–H and O–H groups in total. The van der Waals surface area contributed by atoms with Gasteiger partial charge in [-0.3, -0.25) is 14.5 Å². The number of carbonyl (C=O) groups excluding carboxylic acids is 2. The fourth-order valence-corrected chi connectivity index (χ4v) is 6.11. The van der Waals surface area contributed by atoms with Gasteiger partial charge in [-0.2, -0.15) is 0 Å². The molecule has 2 aliphatic heterocycles. The second-order valence-corrected chi connectivity index (χ2v) is 10.9. The van der Waals surface area contributed by atoms with E-state index >= 15 is 0 Å². The molecule has 0 radical (unpaired) electrons. The van der Waals surface area contributed by atoms with E-state index < -0.39 is 17.6 Å². The van der Waals surface area contributed by atoms with Gasteiger partial charge in [0, 0.05) is 26.7 Å². The molecule has 0 saturated carbocycles. The van der Waals surface area contributed by atoms with Gasteiger partial charge in [-0.1, -0.05) is 105 Å². The minimum Gasteiger partial charge on any atom is -0.480 e. The molecule has 2 saturated heterocycles. The highest BCUT2D eigenvalue weighted by atomic mass is 16.4. The van der Waals surface area contributed by atoms with Gasteiger partial charge in [0.25, 0.3) is 0 Å². The molecule has 7 nitrogen and oxygen atoms in total. The molecular weight excluding hydrogens is 490 g/mol. The summed E-state index contributed by atoms with van der Waals surface area (Å²) in [4.78, 5) is 43.7. The Kier molecular flexibility index (Phi) is 7.28. The van der Waals surface area contributed by atoms with Crippen molar-refractivity contribution < 1.29 is 19.5 Å². The maximum Gasteiger partial charge on any atom is 0.326 e. The quantitative estimate of drug-likeness (QED) is 0.341. The van der Waals surface area contributed by atoms with Gasteiger partial charge in [0.2, 0.25) is 11.8 Å². The summed E-state index contributed by atoms with van der Waals surface area (Å²) in [7, 11) is 1.54. The SMILES string of the molecule is CC(C)C(C(=O)O)N(C)C(=O)C1CN(C(=O)C2CN2C(c2ccccc2)(c2ccccc2)c2ccccc2)C1. The molecule has 3 unspecified atom stereocenters. The van der Waals surface area contributed by atoms with E-state index in [1.807, 2.05) is 54.6 Å². The lowest BCUT2D eigenvalue weighted by Crippen LogP contribution is -2.59. The third kappa shape index (κ3) is 4.72. The number of nitrogens with zero attached hydrogens (tertiary/aromatic N) is 3. The summed E-state index contributed by atoms with van der Waals surface area (Å²) in [6, 6.07) is 29.6. The topological polar surface area (TPSA) is 80.9 Å². The second-order valence-electron chi connectivity index (χ2n) is 10.9. The van der Waals surface area contributed by atoms with Gasteiger partial charge in [-0.25, -0.2) is 4.79 Å². The van der Waals surface area contributed by atoms with Crippen LogP contribution in [0.1, 0.15) is 30.5 Å². The molecule has 202 valence electrons. The number of carboxylic acids is 1. The molecule has 0 aliphatic carbocycles. The van der Waals surface area contributed by atoms with Gasteiger partial charge < -0.3 is 14.9 Å². The van der Waals surface area contributed by atoms with E-state index in [4.69, 9.17) is 0 Å². The highest BCUT2D eigenvalue weighted by molar-refractivity contribution is 5.90. The number of hydrogen-bond acceptors (Lipinski definition) is 4. The van der Waals surface area contributed by atoms with Gasteiger partial charge in [0.1, 0.15) is 12.1 Å². The first-order valence-electron chi connectivity index (χ1n) is 13.5. The number of amides is 2. The maximum absolute atomic E-state index is 13.7. The number of carbonyl (C=O) groups is 3. The van der Waals surface area contributed by atoms with E-state index in [1.165, 1.54) is 4.90 Å². The van der Waals surface area contributed by atoms with Gasteiger partial charge in [0.05, 0.1) is 11.5 Å². The number of rotatable bonds is 9. The van der Waals surface area contributed by atoms with E-state index in [0.29, 0.717) is 19.6 Å². The lowest BCUT2D eigenvalue weighted by Gasteiger charge is -2.42. The third-order valence-corrected chi connectivity index (χ3v) is 8.09. The minimum atomic E-state index is -1.01. The Hall–Kier alpha value is -3.97. The van der Waals surface area contributed by atoms with Gasteiger partial charge >= 0.3 is 5.97 Å². The summed E-state index contributed by atoms with van der Waals surface area (Å²) in [5.41, 5.74) is 2.62. The third-order valence-electron chi connectivity index (χ3n) is 8.09. The monoisotopic (exact) mass is 525 g/mol. The van der Waals surface area contributed by atoms with Crippen molar-refractivity contribution in [2.75, 3.05) is 26.7 Å². The van der Waals surface area contributed by atoms with Crippen molar-refractivity contribution >= 4 is 17.8 Å². The average molecular weight is 526 g/mol. The average Bonchev–Trinajstić information content (AvgIpc) is 3.71. The second kappa shape index (κ2) is 10.7. The van der Waals surface area contributed by atoms with Crippen LogP contribution in [-0.4, -0.2) is 76.4 Å². The fourth-order valence-electron chi connectivity index (χ4n) is 6.11. The highest BCUT2D eigenvalue weighted by Gasteiger charge is 2.58. The number of benzene rings is 3. The summed E-state index contributed by atoms with van der Waals surface area (Å²) in [6.07, 6.45) is 0. The van der Waals surface area contributed by atoms with Crippen LogP contribution in [0.3, 0.4) is 0 Å². The molecule has 2 aliphatic rings. The first-order valence-corrected chi connectivity index (χ1v) is 13.5. The smallest absolute Gasteiger partial charge is 0.326 e.